The number of nitrogens with two attached hydrogens (primary N) is 1. The van der Waals surface area contributed by atoms with Gasteiger partial charge in [0.05, 0.1) is 17.2 Å². The number of aromatic hydroxyl groups is 1. The number of aliphatic hydroxyl groups excluding tert-OH is 2. The fraction of sp³-hybridized carbons (Fsp3) is 0.321. The van der Waals surface area contributed by atoms with E-state index in [0.717, 1.165) is 0 Å². The molecule has 3 aliphatic rings. The van der Waals surface area contributed by atoms with Crippen LogP contribution >= 0.6 is 0 Å². The van der Waals surface area contributed by atoms with E-state index in [9.17, 15) is 39.9 Å². The molecule has 1 amide bonds. The highest BCUT2D eigenvalue weighted by Crippen LogP contribution is 2.58. The maximum Gasteiger partial charge on any atom is 0.255 e. The third-order valence-corrected chi connectivity index (χ3v) is 8.21. The van der Waals surface area contributed by atoms with Gasteiger partial charge in [0.1, 0.15) is 22.8 Å². The predicted molar refractivity (Wildman–Crippen MR) is 135 cm³/mol. The van der Waals surface area contributed by atoms with Gasteiger partial charge in [-0.1, -0.05) is 36.4 Å². The Labute approximate surface area is 217 Å². The van der Waals surface area contributed by atoms with Gasteiger partial charge in [-0.2, -0.15) is 0 Å². The molecule has 0 heterocycles. The zero-order valence-electron chi connectivity index (χ0n) is 21.0. The number of phenols is 1. The summed E-state index contributed by atoms with van der Waals surface area (Å²) in [5.41, 5.74) is 0.398. The molecular weight excluding hydrogens is 492 g/mol. The number of benzene rings is 2. The van der Waals surface area contributed by atoms with Crippen molar-refractivity contribution >= 4 is 17.5 Å². The topological polar surface area (TPSA) is 182 Å². The lowest BCUT2D eigenvalue weighted by Crippen LogP contribution is -2.65. The van der Waals surface area contributed by atoms with Crippen molar-refractivity contribution in [1.82, 2.24) is 4.90 Å². The molecule has 198 valence electrons. The van der Waals surface area contributed by atoms with Crippen molar-refractivity contribution in [3.8, 4) is 16.9 Å². The van der Waals surface area contributed by atoms with E-state index in [1.165, 1.54) is 32.0 Å². The minimum absolute atomic E-state index is 0.141. The van der Waals surface area contributed by atoms with Gasteiger partial charge in [0.15, 0.2) is 11.4 Å². The normalized spacial score (nSPS) is 30.7. The first kappa shape index (κ1) is 25.7. The van der Waals surface area contributed by atoms with Crippen LogP contribution in [0.4, 0.5) is 0 Å². The van der Waals surface area contributed by atoms with E-state index in [1.807, 2.05) is 6.07 Å². The van der Waals surface area contributed by atoms with E-state index in [-0.39, 0.29) is 17.5 Å². The molecule has 2 aromatic rings. The number of hydrogen-bond acceptors (Lipinski definition) is 9. The van der Waals surface area contributed by atoms with Gasteiger partial charge in [-0.05, 0) is 44.6 Å². The molecule has 10 nitrogen and oxygen atoms in total. The molecule has 0 fully saturated rings. The monoisotopic (exact) mass is 520 g/mol. The lowest BCUT2D eigenvalue weighted by molar-refractivity contribution is -0.151. The zero-order valence-corrected chi connectivity index (χ0v) is 21.0. The second-order valence-electron chi connectivity index (χ2n) is 10.5. The summed E-state index contributed by atoms with van der Waals surface area (Å²) in [4.78, 5) is 40.9. The number of Topliss-reactive ketones (excluding diaryl/α,β-unsaturated/α-hetero) is 2. The van der Waals surface area contributed by atoms with Crippen LogP contribution in [0.5, 0.6) is 5.75 Å². The Morgan fingerprint density at radius 3 is 2.24 bits per heavy atom. The number of nitrogens with zero attached hydrogens (tertiary/aromatic N) is 1. The molecule has 0 bridgehead atoms. The van der Waals surface area contributed by atoms with Gasteiger partial charge in [0.2, 0.25) is 5.78 Å². The summed E-state index contributed by atoms with van der Waals surface area (Å²) in [5.74, 6) is -8.07. The van der Waals surface area contributed by atoms with E-state index in [1.54, 1.807) is 30.3 Å². The number of aliphatic hydroxyl groups is 4. The molecule has 0 saturated carbocycles. The van der Waals surface area contributed by atoms with Gasteiger partial charge in [-0.3, -0.25) is 19.3 Å². The number of fused-ring (bicyclic) bond motifs is 3. The zero-order chi connectivity index (χ0) is 27.9. The van der Waals surface area contributed by atoms with Crippen molar-refractivity contribution in [2.24, 2.45) is 17.6 Å². The lowest BCUT2D eigenvalue weighted by Gasteiger charge is -2.53. The van der Waals surface area contributed by atoms with Gasteiger partial charge < -0.3 is 31.3 Å². The fourth-order valence-corrected chi connectivity index (χ4v) is 6.50. The number of ketones is 2. The first-order chi connectivity index (χ1) is 17.8. The van der Waals surface area contributed by atoms with Crippen LogP contribution in [0.2, 0.25) is 0 Å². The number of carbonyl (C=O) groups excluding carboxylic acids is 3. The molecule has 3 aliphatic carbocycles. The van der Waals surface area contributed by atoms with Crippen LogP contribution < -0.4 is 5.73 Å². The van der Waals surface area contributed by atoms with Gasteiger partial charge >= 0.3 is 0 Å². The molecule has 5 atom stereocenters. The largest absolute Gasteiger partial charge is 0.510 e. The van der Waals surface area contributed by atoms with Crippen LogP contribution in [0.15, 0.2) is 65.1 Å². The van der Waals surface area contributed by atoms with Crippen molar-refractivity contribution in [1.29, 1.82) is 0 Å². The Kier molecular flexibility index (Phi) is 5.57. The average Bonchev–Trinajstić information content (AvgIpc) is 2.84. The highest BCUT2D eigenvalue weighted by Gasteiger charge is 2.65. The summed E-state index contributed by atoms with van der Waals surface area (Å²) in [6.07, 6.45) is -0.233. The summed E-state index contributed by atoms with van der Waals surface area (Å²) in [7, 11) is 3.08. The van der Waals surface area contributed by atoms with Gasteiger partial charge in [0.25, 0.3) is 5.91 Å². The Morgan fingerprint density at radius 2 is 1.66 bits per heavy atom. The molecule has 0 spiro atoms. The summed E-state index contributed by atoms with van der Waals surface area (Å²) in [5, 5.41) is 56.9. The molecule has 0 unspecified atom stereocenters. The molecule has 5 rings (SSSR count). The third-order valence-electron chi connectivity index (χ3n) is 8.21. The van der Waals surface area contributed by atoms with Crippen molar-refractivity contribution < 1.29 is 39.9 Å². The Bertz CT molecular complexity index is 1470. The molecule has 2 aromatic carbocycles. The van der Waals surface area contributed by atoms with Gasteiger partial charge in [0, 0.05) is 23.0 Å². The Balaban J connectivity index is 1.82. The number of likely N-dealkylation sites (N-methyl/N-ethyl adjacent to an activating group) is 1. The maximum atomic E-state index is 13.9. The first-order valence-corrected chi connectivity index (χ1v) is 12.0. The summed E-state index contributed by atoms with van der Waals surface area (Å²) < 4.78 is 0. The predicted octanol–water partition coefficient (Wildman–Crippen LogP) is 1.45. The van der Waals surface area contributed by atoms with E-state index >= 15 is 0 Å². The fourth-order valence-electron chi connectivity index (χ4n) is 6.50. The van der Waals surface area contributed by atoms with Crippen LogP contribution in [-0.2, 0) is 15.2 Å². The quantitative estimate of drug-likeness (QED) is 0.326. The maximum absolute atomic E-state index is 13.9. The molecule has 7 N–H and O–H groups in total. The minimum atomic E-state index is -2.78. The SMILES string of the molecule is CN(C)[C@@H]1C(O)=C(C(N)=O)C(=O)[C@]2(O)C(O)=C3C(=O)c4c(O)ccc(-c5ccccc5)c4[C@](C)(O)[C@H]3C[C@@H]12. The van der Waals surface area contributed by atoms with Crippen LogP contribution in [0, 0.1) is 11.8 Å². The molecule has 38 heavy (non-hydrogen) atoms. The molecule has 0 aliphatic heterocycles. The van der Waals surface area contributed by atoms with Crippen LogP contribution in [0.3, 0.4) is 0 Å². The third kappa shape index (κ3) is 3.14. The highest BCUT2D eigenvalue weighted by molar-refractivity contribution is 6.25. The van der Waals surface area contributed by atoms with E-state index in [0.29, 0.717) is 11.1 Å². The number of primary amides is 1. The van der Waals surface area contributed by atoms with Crippen molar-refractivity contribution in [3.63, 3.8) is 0 Å². The summed E-state index contributed by atoms with van der Waals surface area (Å²) in [6.45, 7) is 1.44. The molecule has 0 saturated heterocycles. The van der Waals surface area contributed by atoms with Crippen molar-refractivity contribution in [2.45, 2.75) is 30.6 Å². The number of amides is 1. The highest BCUT2D eigenvalue weighted by atomic mass is 16.3. The molecule has 0 aromatic heterocycles. The Morgan fingerprint density at radius 1 is 1.03 bits per heavy atom. The first-order valence-electron chi connectivity index (χ1n) is 12.0. The van der Waals surface area contributed by atoms with E-state index in [2.05, 4.69) is 0 Å². The number of phenolic OH excluding ortho intramolecular Hbond substituents is 1. The van der Waals surface area contributed by atoms with Crippen LogP contribution in [0.1, 0.15) is 29.3 Å². The molecule has 0 radical (unpaired) electrons. The van der Waals surface area contributed by atoms with Crippen molar-refractivity contribution in [2.75, 3.05) is 14.1 Å². The summed E-state index contributed by atoms with van der Waals surface area (Å²) >= 11 is 0. The number of hydrogen-bond donors (Lipinski definition) is 6. The lowest BCUT2D eigenvalue weighted by atomic mass is 9.55. The average molecular weight is 521 g/mol. The van der Waals surface area contributed by atoms with E-state index < -0.39 is 75.0 Å². The number of rotatable bonds is 3. The minimum Gasteiger partial charge on any atom is -0.510 e. The second kappa shape index (κ2) is 8.26. The van der Waals surface area contributed by atoms with Gasteiger partial charge in [-0.25, -0.2) is 0 Å². The van der Waals surface area contributed by atoms with Crippen LogP contribution in [-0.4, -0.2) is 73.6 Å². The molecule has 10 heteroatoms. The van der Waals surface area contributed by atoms with Crippen LogP contribution in [0.25, 0.3) is 11.1 Å². The smallest absolute Gasteiger partial charge is 0.255 e. The summed E-state index contributed by atoms with van der Waals surface area (Å²) in [6, 6.07) is 10.7. The second-order valence-corrected chi connectivity index (χ2v) is 10.5. The van der Waals surface area contributed by atoms with Gasteiger partial charge in [-0.15, -0.1) is 0 Å². The van der Waals surface area contributed by atoms with Crippen molar-refractivity contribution in [3.05, 3.63) is 76.3 Å². The molecular formula is C28H28N2O8. The standard InChI is InChI=1S/C28H28N2O8/c1-27(37)14-11-15-21(30(2)3)23(33)19(26(29)36)25(35)28(15,38)24(34)17(14)22(32)18-16(31)10-9-13(20(18)27)12-7-5-4-6-8-12/h4-10,14-15,21,31,33-34,37-38H,11H2,1-3H3,(H2,29,36)/t14-,15-,21-,27+,28+/m0/s1. The number of carbonyl (C=O) groups is 3. The van der Waals surface area contributed by atoms with E-state index in [4.69, 9.17) is 5.73 Å². The Hall–Kier alpha value is -3.99.